The Kier molecular flexibility index (Phi) is 3.06. The fourth-order valence-electron chi connectivity index (χ4n) is 2.30. The molecule has 3 rings (SSSR count). The molecule has 0 aromatic carbocycles. The summed E-state index contributed by atoms with van der Waals surface area (Å²) in [6, 6.07) is 3.16. The van der Waals surface area contributed by atoms with Crippen LogP contribution in [0.2, 0.25) is 0 Å². The number of nitrogens with zero attached hydrogens (tertiary/aromatic N) is 2. The van der Waals surface area contributed by atoms with E-state index in [2.05, 4.69) is 10.3 Å². The Labute approximate surface area is 119 Å². The SMILES string of the molecule is CN1CCC(NC(=O)c2sc3ncccc3c2N)C1=O. The molecule has 0 bridgehead atoms. The Morgan fingerprint density at radius 2 is 2.40 bits per heavy atom. The van der Waals surface area contributed by atoms with Crippen molar-refractivity contribution in [2.75, 3.05) is 19.3 Å². The number of carbonyl (C=O) groups excluding carboxylic acids is 2. The van der Waals surface area contributed by atoms with E-state index >= 15 is 0 Å². The minimum atomic E-state index is -0.454. The van der Waals surface area contributed by atoms with Gasteiger partial charge in [-0.05, 0) is 18.6 Å². The number of likely N-dealkylation sites (tertiary alicyclic amines) is 1. The number of carbonyl (C=O) groups is 2. The Morgan fingerprint density at radius 3 is 3.05 bits per heavy atom. The van der Waals surface area contributed by atoms with Crippen LogP contribution in [0.5, 0.6) is 0 Å². The van der Waals surface area contributed by atoms with E-state index < -0.39 is 6.04 Å². The van der Waals surface area contributed by atoms with Crippen molar-refractivity contribution in [3.05, 3.63) is 23.2 Å². The second-order valence-corrected chi connectivity index (χ2v) is 5.77. The summed E-state index contributed by atoms with van der Waals surface area (Å²) in [5.74, 6) is -0.365. The molecular formula is C13H14N4O2S. The third kappa shape index (κ3) is 2.00. The van der Waals surface area contributed by atoms with Crippen molar-refractivity contribution in [2.24, 2.45) is 0 Å². The van der Waals surface area contributed by atoms with E-state index in [0.717, 1.165) is 10.2 Å². The highest BCUT2D eigenvalue weighted by Crippen LogP contribution is 2.31. The van der Waals surface area contributed by atoms with Crippen LogP contribution in [0.4, 0.5) is 5.69 Å². The smallest absolute Gasteiger partial charge is 0.264 e. The fourth-order valence-corrected chi connectivity index (χ4v) is 3.27. The van der Waals surface area contributed by atoms with Crippen molar-refractivity contribution in [3.8, 4) is 0 Å². The van der Waals surface area contributed by atoms with Crippen LogP contribution in [-0.4, -0.2) is 41.3 Å². The molecule has 3 N–H and O–H groups in total. The zero-order chi connectivity index (χ0) is 14.3. The maximum atomic E-state index is 12.3. The maximum Gasteiger partial charge on any atom is 0.264 e. The molecule has 1 aliphatic heterocycles. The van der Waals surface area contributed by atoms with Gasteiger partial charge in [0.25, 0.3) is 5.91 Å². The molecule has 104 valence electrons. The van der Waals surface area contributed by atoms with Gasteiger partial charge in [-0.15, -0.1) is 11.3 Å². The molecule has 2 aromatic rings. The molecule has 0 radical (unpaired) electrons. The largest absolute Gasteiger partial charge is 0.397 e. The highest BCUT2D eigenvalue weighted by molar-refractivity contribution is 7.21. The van der Waals surface area contributed by atoms with Crippen LogP contribution in [0.15, 0.2) is 18.3 Å². The van der Waals surface area contributed by atoms with Gasteiger partial charge in [0.15, 0.2) is 0 Å². The number of rotatable bonds is 2. The van der Waals surface area contributed by atoms with Gasteiger partial charge in [0, 0.05) is 25.2 Å². The number of aromatic nitrogens is 1. The summed E-state index contributed by atoms with van der Waals surface area (Å²) in [4.78, 5) is 31.0. The van der Waals surface area contributed by atoms with Gasteiger partial charge in [-0.3, -0.25) is 9.59 Å². The highest BCUT2D eigenvalue weighted by atomic mass is 32.1. The van der Waals surface area contributed by atoms with Gasteiger partial charge in [-0.1, -0.05) is 0 Å². The highest BCUT2D eigenvalue weighted by Gasteiger charge is 2.31. The lowest BCUT2D eigenvalue weighted by Crippen LogP contribution is -2.40. The van der Waals surface area contributed by atoms with Crippen LogP contribution in [-0.2, 0) is 4.79 Å². The van der Waals surface area contributed by atoms with E-state index in [0.29, 0.717) is 23.5 Å². The van der Waals surface area contributed by atoms with Crippen LogP contribution < -0.4 is 11.1 Å². The van der Waals surface area contributed by atoms with Crippen LogP contribution >= 0.6 is 11.3 Å². The molecule has 1 saturated heterocycles. The van der Waals surface area contributed by atoms with Crippen molar-refractivity contribution < 1.29 is 9.59 Å². The third-order valence-electron chi connectivity index (χ3n) is 3.44. The Hall–Kier alpha value is -2.15. The molecule has 7 heteroatoms. The first-order valence-electron chi connectivity index (χ1n) is 6.26. The number of nitrogen functional groups attached to an aromatic ring is 1. The van der Waals surface area contributed by atoms with Crippen LogP contribution in [0.1, 0.15) is 16.1 Å². The lowest BCUT2D eigenvalue weighted by Gasteiger charge is -2.11. The van der Waals surface area contributed by atoms with Gasteiger partial charge in [0.2, 0.25) is 5.91 Å². The van der Waals surface area contributed by atoms with E-state index in [4.69, 9.17) is 5.73 Å². The lowest BCUT2D eigenvalue weighted by molar-refractivity contribution is -0.128. The van der Waals surface area contributed by atoms with E-state index in [-0.39, 0.29) is 11.8 Å². The van der Waals surface area contributed by atoms with Crippen molar-refractivity contribution in [3.63, 3.8) is 0 Å². The molecule has 3 heterocycles. The van der Waals surface area contributed by atoms with Crippen LogP contribution in [0.3, 0.4) is 0 Å². The summed E-state index contributed by atoms with van der Waals surface area (Å²) in [5.41, 5.74) is 6.42. The predicted molar refractivity (Wildman–Crippen MR) is 77.5 cm³/mol. The van der Waals surface area contributed by atoms with Gasteiger partial charge in [0.1, 0.15) is 15.7 Å². The van der Waals surface area contributed by atoms with E-state index in [1.54, 1.807) is 24.2 Å². The van der Waals surface area contributed by atoms with Gasteiger partial charge in [-0.25, -0.2) is 4.98 Å². The predicted octanol–water partition coefficient (Wildman–Crippen LogP) is 0.839. The summed E-state index contributed by atoms with van der Waals surface area (Å²) in [6.45, 7) is 0.660. The molecular weight excluding hydrogens is 276 g/mol. The van der Waals surface area contributed by atoms with Crippen molar-refractivity contribution in [2.45, 2.75) is 12.5 Å². The average Bonchev–Trinajstić information content (AvgIpc) is 2.94. The molecule has 0 spiro atoms. The molecule has 2 aromatic heterocycles. The van der Waals surface area contributed by atoms with E-state index in [1.165, 1.54) is 11.3 Å². The molecule has 0 saturated carbocycles. The van der Waals surface area contributed by atoms with Crippen molar-refractivity contribution in [1.82, 2.24) is 15.2 Å². The van der Waals surface area contributed by atoms with Gasteiger partial charge in [0.05, 0.1) is 5.69 Å². The number of nitrogens with two attached hydrogens (primary N) is 1. The molecule has 20 heavy (non-hydrogen) atoms. The second kappa shape index (κ2) is 4.75. The fraction of sp³-hybridized carbons (Fsp3) is 0.308. The maximum absolute atomic E-state index is 12.3. The monoisotopic (exact) mass is 290 g/mol. The summed E-state index contributed by atoms with van der Waals surface area (Å²) < 4.78 is 0. The van der Waals surface area contributed by atoms with Crippen molar-refractivity contribution >= 4 is 39.1 Å². The molecule has 6 nitrogen and oxygen atoms in total. The zero-order valence-electron chi connectivity index (χ0n) is 10.9. The number of nitrogens with one attached hydrogen (secondary N) is 1. The topological polar surface area (TPSA) is 88.3 Å². The molecule has 1 atom stereocenters. The number of hydrogen-bond acceptors (Lipinski definition) is 5. The van der Waals surface area contributed by atoms with Gasteiger partial charge >= 0.3 is 0 Å². The number of amides is 2. The molecule has 0 aliphatic carbocycles. The Balaban J connectivity index is 1.86. The Bertz CT molecular complexity index is 697. The lowest BCUT2D eigenvalue weighted by atomic mass is 10.2. The molecule has 2 amide bonds. The van der Waals surface area contributed by atoms with E-state index in [1.807, 2.05) is 6.07 Å². The van der Waals surface area contributed by atoms with Gasteiger partial charge in [-0.2, -0.15) is 0 Å². The summed E-state index contributed by atoms with van der Waals surface area (Å²) >= 11 is 1.24. The first-order chi connectivity index (χ1) is 9.58. The number of hydrogen-bond donors (Lipinski definition) is 2. The number of fused-ring (bicyclic) bond motifs is 1. The minimum Gasteiger partial charge on any atom is -0.397 e. The number of pyridine rings is 1. The quantitative estimate of drug-likeness (QED) is 0.858. The number of likely N-dealkylation sites (N-methyl/N-ethyl adjacent to an activating group) is 1. The summed E-state index contributed by atoms with van der Waals surface area (Å²) in [5, 5.41) is 3.53. The molecule has 1 aliphatic rings. The van der Waals surface area contributed by atoms with Gasteiger partial charge < -0.3 is 16.0 Å². The minimum absolute atomic E-state index is 0.0591. The molecule has 1 unspecified atom stereocenters. The van der Waals surface area contributed by atoms with Crippen molar-refractivity contribution in [1.29, 1.82) is 0 Å². The summed E-state index contributed by atoms with van der Waals surface area (Å²) in [7, 11) is 1.73. The first-order valence-corrected chi connectivity index (χ1v) is 7.08. The first kappa shape index (κ1) is 12.9. The molecule has 1 fully saturated rings. The number of anilines is 1. The van der Waals surface area contributed by atoms with Crippen LogP contribution in [0.25, 0.3) is 10.2 Å². The van der Waals surface area contributed by atoms with E-state index in [9.17, 15) is 9.59 Å². The summed E-state index contributed by atoms with van der Waals surface area (Å²) in [6.07, 6.45) is 2.29. The zero-order valence-corrected chi connectivity index (χ0v) is 11.7. The Morgan fingerprint density at radius 1 is 1.60 bits per heavy atom. The number of thiophene rings is 1. The van der Waals surface area contributed by atoms with Crippen LogP contribution in [0, 0.1) is 0 Å². The second-order valence-electron chi connectivity index (χ2n) is 4.78. The average molecular weight is 290 g/mol. The normalized spacial score (nSPS) is 18.8. The third-order valence-corrected chi connectivity index (χ3v) is 4.57. The standard InChI is InChI=1S/C13H14N4O2S/c1-17-6-4-8(13(17)19)16-11(18)10-9(14)7-3-2-5-15-12(7)20-10/h2-3,5,8H,4,6,14H2,1H3,(H,16,18).